The highest BCUT2D eigenvalue weighted by atomic mass is 16.3. The van der Waals surface area contributed by atoms with Crippen LogP contribution >= 0.6 is 0 Å². The molecule has 20 heavy (non-hydrogen) atoms. The van der Waals surface area contributed by atoms with E-state index in [1.807, 2.05) is 37.3 Å². The molecule has 0 aliphatic carbocycles. The number of aryl methyl sites for hydroxylation is 1. The first-order valence-corrected chi connectivity index (χ1v) is 6.43. The maximum Gasteiger partial charge on any atom is 0.251 e. The van der Waals surface area contributed by atoms with Gasteiger partial charge in [0.25, 0.3) is 5.91 Å². The average molecular weight is 270 g/mol. The van der Waals surface area contributed by atoms with Gasteiger partial charge in [0.1, 0.15) is 0 Å². The molecule has 104 valence electrons. The van der Waals surface area contributed by atoms with E-state index in [4.69, 9.17) is 10.8 Å². The van der Waals surface area contributed by atoms with E-state index in [-0.39, 0.29) is 12.5 Å². The van der Waals surface area contributed by atoms with Crippen LogP contribution in [-0.4, -0.2) is 11.0 Å². The van der Waals surface area contributed by atoms with Gasteiger partial charge in [0.05, 0.1) is 6.61 Å². The second-order valence-electron chi connectivity index (χ2n) is 4.73. The van der Waals surface area contributed by atoms with Gasteiger partial charge in [-0.1, -0.05) is 30.3 Å². The van der Waals surface area contributed by atoms with E-state index in [1.54, 1.807) is 12.1 Å². The fourth-order valence-corrected chi connectivity index (χ4v) is 1.90. The van der Waals surface area contributed by atoms with Crippen LogP contribution in [0.5, 0.6) is 0 Å². The van der Waals surface area contributed by atoms with Gasteiger partial charge in [0, 0.05) is 17.8 Å². The Morgan fingerprint density at radius 1 is 1.20 bits per heavy atom. The number of hydrogen-bond donors (Lipinski definition) is 3. The number of nitrogens with two attached hydrogens (primary N) is 1. The van der Waals surface area contributed by atoms with Crippen molar-refractivity contribution in [2.45, 2.75) is 20.1 Å². The number of benzene rings is 2. The molecule has 2 aromatic carbocycles. The van der Waals surface area contributed by atoms with Crippen molar-refractivity contribution in [3.8, 4) is 0 Å². The molecule has 0 saturated carbocycles. The van der Waals surface area contributed by atoms with Crippen LogP contribution in [0.3, 0.4) is 0 Å². The fourth-order valence-electron chi connectivity index (χ4n) is 1.90. The maximum absolute atomic E-state index is 12.0. The van der Waals surface area contributed by atoms with E-state index in [9.17, 15) is 4.79 Å². The Hall–Kier alpha value is -2.33. The lowest BCUT2D eigenvalue weighted by atomic mass is 10.1. The summed E-state index contributed by atoms with van der Waals surface area (Å²) in [6.07, 6.45) is 0. The minimum Gasteiger partial charge on any atom is -0.398 e. The number of rotatable bonds is 4. The van der Waals surface area contributed by atoms with Crippen molar-refractivity contribution in [3.05, 3.63) is 64.7 Å². The molecule has 4 nitrogen and oxygen atoms in total. The van der Waals surface area contributed by atoms with Crippen LogP contribution in [-0.2, 0) is 13.2 Å². The average Bonchev–Trinajstić information content (AvgIpc) is 2.47. The highest BCUT2D eigenvalue weighted by Crippen LogP contribution is 2.13. The summed E-state index contributed by atoms with van der Waals surface area (Å²) in [6, 6.07) is 12.7. The first-order valence-electron chi connectivity index (χ1n) is 6.43. The molecule has 0 bridgehead atoms. The second kappa shape index (κ2) is 6.21. The van der Waals surface area contributed by atoms with Crippen molar-refractivity contribution < 1.29 is 9.90 Å². The molecule has 4 heteroatoms. The summed E-state index contributed by atoms with van der Waals surface area (Å²) in [5, 5.41) is 11.9. The lowest BCUT2D eigenvalue weighted by Gasteiger charge is -2.08. The third kappa shape index (κ3) is 3.36. The Balaban J connectivity index is 2.02. The lowest BCUT2D eigenvalue weighted by Crippen LogP contribution is -2.23. The molecular formula is C16H18N2O2. The van der Waals surface area contributed by atoms with E-state index in [2.05, 4.69) is 5.32 Å². The van der Waals surface area contributed by atoms with Crippen LogP contribution in [0.15, 0.2) is 42.5 Å². The van der Waals surface area contributed by atoms with Gasteiger partial charge in [0.15, 0.2) is 0 Å². The minimum atomic E-state index is -0.161. The molecule has 0 aliphatic heterocycles. The van der Waals surface area contributed by atoms with E-state index < -0.39 is 0 Å². The van der Waals surface area contributed by atoms with Gasteiger partial charge in [-0.2, -0.15) is 0 Å². The van der Waals surface area contributed by atoms with Gasteiger partial charge in [-0.15, -0.1) is 0 Å². The number of nitrogen functional groups attached to an aromatic ring is 1. The Morgan fingerprint density at radius 3 is 2.65 bits per heavy atom. The first kappa shape index (κ1) is 14.1. The summed E-state index contributed by atoms with van der Waals surface area (Å²) in [6.45, 7) is 2.31. The van der Waals surface area contributed by atoms with Gasteiger partial charge in [0.2, 0.25) is 0 Å². The Labute approximate surface area is 118 Å². The quantitative estimate of drug-likeness (QED) is 0.744. The molecule has 1 amide bonds. The number of nitrogens with one attached hydrogen (secondary N) is 1. The summed E-state index contributed by atoms with van der Waals surface area (Å²) < 4.78 is 0. The van der Waals surface area contributed by atoms with Crippen LogP contribution in [0, 0.1) is 6.92 Å². The van der Waals surface area contributed by atoms with Gasteiger partial charge < -0.3 is 16.2 Å². The van der Waals surface area contributed by atoms with Crippen LogP contribution < -0.4 is 11.1 Å². The molecule has 0 spiro atoms. The molecular weight excluding hydrogens is 252 g/mol. The SMILES string of the molecule is Cc1ccc(C(=O)NCc2cccc(CO)c2)cc1N. The zero-order valence-electron chi connectivity index (χ0n) is 11.4. The predicted octanol–water partition coefficient (Wildman–Crippen LogP) is 2.00. The van der Waals surface area contributed by atoms with Gasteiger partial charge in [-0.3, -0.25) is 4.79 Å². The van der Waals surface area contributed by atoms with E-state index in [1.165, 1.54) is 0 Å². The molecule has 0 atom stereocenters. The number of carbonyl (C=O) groups excluding carboxylic acids is 1. The summed E-state index contributed by atoms with van der Waals surface area (Å²) in [5.74, 6) is -0.161. The fraction of sp³-hybridized carbons (Fsp3) is 0.188. The molecule has 0 saturated heterocycles. The van der Waals surface area contributed by atoms with Crippen molar-refractivity contribution in [1.82, 2.24) is 5.32 Å². The topological polar surface area (TPSA) is 75.3 Å². The zero-order valence-corrected chi connectivity index (χ0v) is 11.4. The normalized spacial score (nSPS) is 10.3. The van der Waals surface area contributed by atoms with Gasteiger partial charge >= 0.3 is 0 Å². The van der Waals surface area contributed by atoms with Crippen molar-refractivity contribution in [1.29, 1.82) is 0 Å². The number of hydrogen-bond acceptors (Lipinski definition) is 3. The number of amides is 1. The molecule has 4 N–H and O–H groups in total. The van der Waals surface area contributed by atoms with Crippen LogP contribution in [0.4, 0.5) is 5.69 Å². The molecule has 0 radical (unpaired) electrons. The van der Waals surface area contributed by atoms with Crippen LogP contribution in [0.25, 0.3) is 0 Å². The Bertz CT molecular complexity index is 624. The minimum absolute atomic E-state index is 0.00369. The van der Waals surface area contributed by atoms with E-state index in [0.717, 1.165) is 16.7 Å². The highest BCUT2D eigenvalue weighted by molar-refractivity contribution is 5.95. The number of anilines is 1. The Kier molecular flexibility index (Phi) is 4.38. The summed E-state index contributed by atoms with van der Waals surface area (Å²) in [7, 11) is 0. The van der Waals surface area contributed by atoms with E-state index in [0.29, 0.717) is 17.8 Å². The predicted molar refractivity (Wildman–Crippen MR) is 79.1 cm³/mol. The number of aliphatic hydroxyl groups excluding tert-OH is 1. The molecule has 2 aromatic rings. The summed E-state index contributed by atoms with van der Waals surface area (Å²) in [4.78, 5) is 12.0. The summed E-state index contributed by atoms with van der Waals surface area (Å²) >= 11 is 0. The summed E-state index contributed by atoms with van der Waals surface area (Å²) in [5.41, 5.74) is 9.69. The lowest BCUT2D eigenvalue weighted by molar-refractivity contribution is 0.0951. The highest BCUT2D eigenvalue weighted by Gasteiger charge is 2.06. The third-order valence-electron chi connectivity index (χ3n) is 3.17. The molecule has 0 aliphatic rings. The third-order valence-corrected chi connectivity index (χ3v) is 3.17. The molecule has 0 aromatic heterocycles. The zero-order chi connectivity index (χ0) is 14.5. The van der Waals surface area contributed by atoms with Crippen molar-refractivity contribution in [2.24, 2.45) is 0 Å². The second-order valence-corrected chi connectivity index (χ2v) is 4.73. The largest absolute Gasteiger partial charge is 0.398 e. The number of aliphatic hydroxyl groups is 1. The Morgan fingerprint density at radius 2 is 1.95 bits per heavy atom. The number of carbonyl (C=O) groups is 1. The monoisotopic (exact) mass is 270 g/mol. The maximum atomic E-state index is 12.0. The molecule has 0 heterocycles. The smallest absolute Gasteiger partial charge is 0.251 e. The first-order chi connectivity index (χ1) is 9.60. The van der Waals surface area contributed by atoms with Gasteiger partial charge in [-0.05, 0) is 35.7 Å². The van der Waals surface area contributed by atoms with E-state index >= 15 is 0 Å². The van der Waals surface area contributed by atoms with Crippen molar-refractivity contribution in [2.75, 3.05) is 5.73 Å². The van der Waals surface area contributed by atoms with Crippen molar-refractivity contribution >= 4 is 11.6 Å². The standard InChI is InChI=1S/C16H18N2O2/c1-11-5-6-14(8-15(11)17)16(20)18-9-12-3-2-4-13(7-12)10-19/h2-8,19H,9-10,17H2,1H3,(H,18,20). The van der Waals surface area contributed by atoms with Gasteiger partial charge in [-0.25, -0.2) is 0 Å². The molecule has 2 rings (SSSR count). The molecule has 0 fully saturated rings. The molecule has 0 unspecified atom stereocenters. The van der Waals surface area contributed by atoms with Crippen LogP contribution in [0.2, 0.25) is 0 Å². The van der Waals surface area contributed by atoms with Crippen molar-refractivity contribution in [3.63, 3.8) is 0 Å². The van der Waals surface area contributed by atoms with Crippen LogP contribution in [0.1, 0.15) is 27.0 Å².